The van der Waals surface area contributed by atoms with E-state index in [1.54, 1.807) is 6.26 Å². The molecule has 0 aliphatic carbocycles. The maximum Gasteiger partial charge on any atom is 0.153 e. The molecule has 0 radical (unpaired) electrons. The Kier molecular flexibility index (Phi) is 1.89. The number of hydrogen-bond donors (Lipinski definition) is 1. The molecule has 2 aromatic heterocycles. The van der Waals surface area contributed by atoms with E-state index in [1.165, 1.54) is 0 Å². The van der Waals surface area contributed by atoms with Crippen LogP contribution in [-0.2, 0) is 6.54 Å². The standard InChI is InChI=1S/C11H13N3O/c12-8-3-1-5-14-7-9(13-11(8)14)10-4-2-6-15-10/h2,4,6-8H,1,3,5,12H2. The molecule has 1 aliphatic heterocycles. The minimum absolute atomic E-state index is 0.0717. The summed E-state index contributed by atoms with van der Waals surface area (Å²) in [6, 6.07) is 3.86. The molecule has 3 heterocycles. The van der Waals surface area contributed by atoms with Crippen molar-refractivity contribution < 1.29 is 4.42 Å². The fourth-order valence-corrected chi connectivity index (χ4v) is 2.06. The van der Waals surface area contributed by atoms with Gasteiger partial charge in [0, 0.05) is 12.7 Å². The van der Waals surface area contributed by atoms with E-state index >= 15 is 0 Å². The Balaban J connectivity index is 2.06. The Labute approximate surface area is 87.7 Å². The molecule has 0 fully saturated rings. The average molecular weight is 203 g/mol. The fourth-order valence-electron chi connectivity index (χ4n) is 2.06. The summed E-state index contributed by atoms with van der Waals surface area (Å²) in [7, 11) is 0. The van der Waals surface area contributed by atoms with Gasteiger partial charge < -0.3 is 14.7 Å². The smallest absolute Gasteiger partial charge is 0.153 e. The van der Waals surface area contributed by atoms with Crippen LogP contribution in [0.15, 0.2) is 29.0 Å². The summed E-state index contributed by atoms with van der Waals surface area (Å²) in [5.41, 5.74) is 6.88. The SMILES string of the molecule is NC1CCCn2cc(-c3ccco3)nc21. The zero-order valence-corrected chi connectivity index (χ0v) is 8.39. The Morgan fingerprint density at radius 3 is 3.20 bits per heavy atom. The van der Waals surface area contributed by atoms with Crippen molar-refractivity contribution in [2.45, 2.75) is 25.4 Å². The Morgan fingerprint density at radius 2 is 2.47 bits per heavy atom. The van der Waals surface area contributed by atoms with E-state index in [2.05, 4.69) is 9.55 Å². The normalized spacial score (nSPS) is 20.2. The van der Waals surface area contributed by atoms with Crippen LogP contribution in [0.4, 0.5) is 0 Å². The van der Waals surface area contributed by atoms with Gasteiger partial charge in [0.2, 0.25) is 0 Å². The molecular weight excluding hydrogens is 190 g/mol. The molecular formula is C11H13N3O. The summed E-state index contributed by atoms with van der Waals surface area (Å²) >= 11 is 0. The van der Waals surface area contributed by atoms with Crippen molar-refractivity contribution in [1.82, 2.24) is 9.55 Å². The zero-order valence-electron chi connectivity index (χ0n) is 8.39. The number of aryl methyl sites for hydroxylation is 1. The number of fused-ring (bicyclic) bond motifs is 1. The number of hydrogen-bond acceptors (Lipinski definition) is 3. The molecule has 4 nitrogen and oxygen atoms in total. The van der Waals surface area contributed by atoms with E-state index in [0.717, 1.165) is 36.7 Å². The Morgan fingerprint density at radius 1 is 1.53 bits per heavy atom. The summed E-state index contributed by atoms with van der Waals surface area (Å²) in [5.74, 6) is 1.79. The zero-order chi connectivity index (χ0) is 10.3. The molecule has 4 heteroatoms. The lowest BCUT2D eigenvalue weighted by atomic mass is 10.1. The second-order valence-electron chi connectivity index (χ2n) is 3.90. The predicted octanol–water partition coefficient (Wildman–Crippen LogP) is 1.94. The van der Waals surface area contributed by atoms with Gasteiger partial charge in [-0.15, -0.1) is 0 Å². The van der Waals surface area contributed by atoms with Crippen molar-refractivity contribution >= 4 is 0 Å². The first kappa shape index (κ1) is 8.73. The lowest BCUT2D eigenvalue weighted by Gasteiger charge is -2.19. The Bertz CT molecular complexity index is 458. The van der Waals surface area contributed by atoms with Gasteiger partial charge in [-0.2, -0.15) is 0 Å². The third kappa shape index (κ3) is 1.37. The first-order valence-corrected chi connectivity index (χ1v) is 5.21. The molecule has 3 rings (SSSR count). The largest absolute Gasteiger partial charge is 0.463 e. The summed E-state index contributed by atoms with van der Waals surface area (Å²) < 4.78 is 7.45. The van der Waals surface area contributed by atoms with Crippen molar-refractivity contribution in [2.75, 3.05) is 0 Å². The molecule has 2 N–H and O–H groups in total. The fraction of sp³-hybridized carbons (Fsp3) is 0.364. The molecule has 1 atom stereocenters. The highest BCUT2D eigenvalue weighted by molar-refractivity contribution is 5.51. The van der Waals surface area contributed by atoms with Gasteiger partial charge in [-0.1, -0.05) is 0 Å². The van der Waals surface area contributed by atoms with E-state index in [4.69, 9.17) is 10.2 Å². The number of furan rings is 1. The lowest BCUT2D eigenvalue weighted by Crippen LogP contribution is -2.21. The van der Waals surface area contributed by atoms with Crippen molar-refractivity contribution in [3.8, 4) is 11.5 Å². The van der Waals surface area contributed by atoms with E-state index < -0.39 is 0 Å². The third-order valence-electron chi connectivity index (χ3n) is 2.83. The van der Waals surface area contributed by atoms with Gasteiger partial charge in [0.15, 0.2) is 5.76 Å². The second kappa shape index (κ2) is 3.24. The van der Waals surface area contributed by atoms with Gasteiger partial charge in [0.1, 0.15) is 11.5 Å². The molecule has 0 spiro atoms. The average Bonchev–Trinajstić information content (AvgIpc) is 2.86. The summed E-state index contributed by atoms with van der Waals surface area (Å²) in [6.45, 7) is 1.01. The van der Waals surface area contributed by atoms with Crippen LogP contribution in [0.3, 0.4) is 0 Å². The molecule has 0 saturated heterocycles. The van der Waals surface area contributed by atoms with Crippen LogP contribution >= 0.6 is 0 Å². The number of nitrogens with zero attached hydrogens (tertiary/aromatic N) is 2. The van der Waals surface area contributed by atoms with Gasteiger partial charge in [-0.25, -0.2) is 4.98 Å². The van der Waals surface area contributed by atoms with E-state index in [-0.39, 0.29) is 6.04 Å². The highest BCUT2D eigenvalue weighted by Gasteiger charge is 2.20. The van der Waals surface area contributed by atoms with Crippen molar-refractivity contribution in [3.63, 3.8) is 0 Å². The van der Waals surface area contributed by atoms with Crippen LogP contribution < -0.4 is 5.73 Å². The van der Waals surface area contributed by atoms with Crippen LogP contribution in [0.5, 0.6) is 0 Å². The summed E-state index contributed by atoms with van der Waals surface area (Å²) in [5, 5.41) is 0. The van der Waals surface area contributed by atoms with Crippen LogP contribution in [-0.4, -0.2) is 9.55 Å². The van der Waals surface area contributed by atoms with Crippen LogP contribution in [0, 0.1) is 0 Å². The highest BCUT2D eigenvalue weighted by Crippen LogP contribution is 2.26. The third-order valence-corrected chi connectivity index (χ3v) is 2.83. The summed E-state index contributed by atoms with van der Waals surface area (Å²) in [6.07, 6.45) is 5.83. The van der Waals surface area contributed by atoms with Crippen LogP contribution in [0.1, 0.15) is 24.7 Å². The van der Waals surface area contributed by atoms with Crippen molar-refractivity contribution in [1.29, 1.82) is 0 Å². The Hall–Kier alpha value is -1.55. The maximum absolute atomic E-state index is 6.00. The quantitative estimate of drug-likeness (QED) is 0.770. The van der Waals surface area contributed by atoms with Gasteiger partial charge in [-0.3, -0.25) is 0 Å². The van der Waals surface area contributed by atoms with Gasteiger partial charge in [0.05, 0.1) is 12.3 Å². The van der Waals surface area contributed by atoms with Crippen molar-refractivity contribution in [2.24, 2.45) is 5.73 Å². The molecule has 0 bridgehead atoms. The number of imidazole rings is 1. The number of nitrogens with two attached hydrogens (primary N) is 1. The monoisotopic (exact) mass is 203 g/mol. The molecule has 0 amide bonds. The van der Waals surface area contributed by atoms with Gasteiger partial charge in [-0.05, 0) is 25.0 Å². The van der Waals surface area contributed by atoms with Crippen LogP contribution in [0.2, 0.25) is 0 Å². The molecule has 0 saturated carbocycles. The molecule has 78 valence electrons. The minimum atomic E-state index is 0.0717. The van der Waals surface area contributed by atoms with Gasteiger partial charge >= 0.3 is 0 Å². The molecule has 15 heavy (non-hydrogen) atoms. The molecule has 1 aliphatic rings. The first-order valence-electron chi connectivity index (χ1n) is 5.21. The van der Waals surface area contributed by atoms with Crippen molar-refractivity contribution in [3.05, 3.63) is 30.4 Å². The minimum Gasteiger partial charge on any atom is -0.463 e. The van der Waals surface area contributed by atoms with Gasteiger partial charge in [0.25, 0.3) is 0 Å². The van der Waals surface area contributed by atoms with E-state index in [1.807, 2.05) is 18.3 Å². The van der Waals surface area contributed by atoms with E-state index in [9.17, 15) is 0 Å². The lowest BCUT2D eigenvalue weighted by molar-refractivity contribution is 0.451. The first-order chi connectivity index (χ1) is 7.34. The molecule has 0 aromatic carbocycles. The molecule has 2 aromatic rings. The summed E-state index contributed by atoms with van der Waals surface area (Å²) in [4.78, 5) is 4.52. The second-order valence-corrected chi connectivity index (χ2v) is 3.90. The molecule has 1 unspecified atom stereocenters. The topological polar surface area (TPSA) is 57.0 Å². The number of aromatic nitrogens is 2. The number of rotatable bonds is 1. The van der Waals surface area contributed by atoms with Crippen LogP contribution in [0.25, 0.3) is 11.5 Å². The highest BCUT2D eigenvalue weighted by atomic mass is 16.3. The predicted molar refractivity (Wildman–Crippen MR) is 56.1 cm³/mol. The maximum atomic E-state index is 6.00. The van der Waals surface area contributed by atoms with E-state index in [0.29, 0.717) is 0 Å².